The van der Waals surface area contributed by atoms with E-state index in [1.807, 2.05) is 0 Å². The summed E-state index contributed by atoms with van der Waals surface area (Å²) in [5.74, 6) is -0.670. The second kappa shape index (κ2) is 6.62. The average Bonchev–Trinajstić information content (AvgIpc) is 2.51. The van der Waals surface area contributed by atoms with Crippen LogP contribution >= 0.6 is 0 Å². The lowest BCUT2D eigenvalue weighted by Crippen LogP contribution is -2.23. The minimum atomic E-state index is -4.53. The van der Waals surface area contributed by atoms with Gasteiger partial charge >= 0.3 is 6.18 Å². The van der Waals surface area contributed by atoms with Crippen LogP contribution in [0.4, 0.5) is 13.2 Å². The molecule has 24 heavy (non-hydrogen) atoms. The van der Waals surface area contributed by atoms with E-state index in [2.05, 4.69) is 5.32 Å². The maximum absolute atomic E-state index is 12.6. The summed E-state index contributed by atoms with van der Waals surface area (Å²) in [7, 11) is -3.81. The Balaban J connectivity index is 2.06. The summed E-state index contributed by atoms with van der Waals surface area (Å²) in [4.78, 5) is 11.9. The largest absolute Gasteiger partial charge is 0.416 e. The average molecular weight is 358 g/mol. The first-order chi connectivity index (χ1) is 11.1. The first kappa shape index (κ1) is 18.0. The summed E-state index contributed by atoms with van der Waals surface area (Å²) < 4.78 is 60.1. The molecule has 0 aliphatic carbocycles. The third-order valence-corrected chi connectivity index (χ3v) is 4.09. The number of halogens is 3. The van der Waals surface area contributed by atoms with Gasteiger partial charge in [0.1, 0.15) is 0 Å². The Bertz CT molecular complexity index is 847. The van der Waals surface area contributed by atoms with Crippen molar-refractivity contribution < 1.29 is 26.4 Å². The van der Waals surface area contributed by atoms with Crippen LogP contribution < -0.4 is 10.5 Å². The third kappa shape index (κ3) is 4.56. The van der Waals surface area contributed by atoms with Gasteiger partial charge < -0.3 is 5.32 Å². The number of primary sulfonamides is 1. The number of alkyl halides is 3. The minimum absolute atomic E-state index is 0.0278. The van der Waals surface area contributed by atoms with Gasteiger partial charge in [-0.2, -0.15) is 13.2 Å². The van der Waals surface area contributed by atoms with Gasteiger partial charge in [-0.1, -0.05) is 18.2 Å². The molecule has 9 heteroatoms. The van der Waals surface area contributed by atoms with Crippen molar-refractivity contribution in [1.82, 2.24) is 5.32 Å². The molecular formula is C15H13F3N2O3S. The maximum atomic E-state index is 12.6. The van der Waals surface area contributed by atoms with Crippen molar-refractivity contribution in [3.63, 3.8) is 0 Å². The van der Waals surface area contributed by atoms with E-state index in [-0.39, 0.29) is 17.0 Å². The van der Waals surface area contributed by atoms with E-state index in [9.17, 15) is 26.4 Å². The van der Waals surface area contributed by atoms with Gasteiger partial charge in [0.15, 0.2) is 0 Å². The summed E-state index contributed by atoms with van der Waals surface area (Å²) in [6, 6.07) is 9.52. The third-order valence-electron chi connectivity index (χ3n) is 3.16. The van der Waals surface area contributed by atoms with Crippen molar-refractivity contribution in [2.75, 3.05) is 0 Å². The molecule has 0 fully saturated rings. The number of carbonyl (C=O) groups is 1. The molecular weight excluding hydrogens is 345 g/mol. The molecule has 0 unspecified atom stereocenters. The zero-order chi connectivity index (χ0) is 18.0. The van der Waals surface area contributed by atoms with Gasteiger partial charge in [0.05, 0.1) is 10.5 Å². The van der Waals surface area contributed by atoms with E-state index in [0.29, 0.717) is 5.56 Å². The monoisotopic (exact) mass is 358 g/mol. The Kier molecular flexibility index (Phi) is 4.95. The molecule has 0 aliphatic heterocycles. The zero-order valence-electron chi connectivity index (χ0n) is 12.2. The number of carbonyl (C=O) groups excluding carboxylic acids is 1. The van der Waals surface area contributed by atoms with E-state index in [4.69, 9.17) is 5.14 Å². The number of sulfonamides is 1. The standard InChI is InChI=1S/C15H13F3N2O3S/c16-15(17,18)12-3-1-2-11(8-12)14(21)20-9-10-4-6-13(7-5-10)24(19,22)23/h1-8H,9H2,(H,20,21)(H2,19,22,23). The van der Waals surface area contributed by atoms with Crippen molar-refractivity contribution in [3.8, 4) is 0 Å². The fourth-order valence-corrected chi connectivity index (χ4v) is 2.43. The Morgan fingerprint density at radius 3 is 2.25 bits per heavy atom. The molecule has 2 aromatic rings. The fourth-order valence-electron chi connectivity index (χ4n) is 1.92. The lowest BCUT2D eigenvalue weighted by molar-refractivity contribution is -0.137. The van der Waals surface area contributed by atoms with Crippen LogP contribution in [0.5, 0.6) is 0 Å². The van der Waals surface area contributed by atoms with Crippen LogP contribution in [0.1, 0.15) is 21.5 Å². The van der Waals surface area contributed by atoms with Crippen molar-refractivity contribution in [1.29, 1.82) is 0 Å². The highest BCUT2D eigenvalue weighted by molar-refractivity contribution is 7.89. The van der Waals surface area contributed by atoms with Crippen molar-refractivity contribution in [3.05, 3.63) is 65.2 Å². The molecule has 1 amide bonds. The lowest BCUT2D eigenvalue weighted by Gasteiger charge is -2.09. The van der Waals surface area contributed by atoms with Gasteiger partial charge in [0.2, 0.25) is 10.0 Å². The Hall–Kier alpha value is -2.39. The van der Waals surface area contributed by atoms with Crippen LogP contribution in [0.3, 0.4) is 0 Å². The molecule has 5 nitrogen and oxygen atoms in total. The summed E-state index contributed by atoms with van der Waals surface area (Å²) in [5.41, 5.74) is -0.457. The summed E-state index contributed by atoms with van der Waals surface area (Å²) in [6.45, 7) is 0.0278. The minimum Gasteiger partial charge on any atom is -0.348 e. The van der Waals surface area contributed by atoms with E-state index in [1.165, 1.54) is 30.3 Å². The highest BCUT2D eigenvalue weighted by Crippen LogP contribution is 2.29. The van der Waals surface area contributed by atoms with Crippen molar-refractivity contribution in [2.24, 2.45) is 5.14 Å². The molecule has 0 saturated heterocycles. The molecule has 0 bridgehead atoms. The Morgan fingerprint density at radius 1 is 1.08 bits per heavy atom. The van der Waals surface area contributed by atoms with E-state index in [0.717, 1.165) is 18.2 Å². The lowest BCUT2D eigenvalue weighted by atomic mass is 10.1. The number of benzene rings is 2. The van der Waals surface area contributed by atoms with Crippen LogP contribution in [0.2, 0.25) is 0 Å². The van der Waals surface area contributed by atoms with Crippen molar-refractivity contribution in [2.45, 2.75) is 17.6 Å². The van der Waals surface area contributed by atoms with Gasteiger partial charge in [-0.05, 0) is 35.9 Å². The van der Waals surface area contributed by atoms with E-state index >= 15 is 0 Å². The SMILES string of the molecule is NS(=O)(=O)c1ccc(CNC(=O)c2cccc(C(F)(F)F)c2)cc1. The molecule has 0 aromatic heterocycles. The zero-order valence-corrected chi connectivity index (χ0v) is 13.0. The first-order valence-electron chi connectivity index (χ1n) is 6.64. The Labute approximate surface area is 136 Å². The molecule has 0 aliphatic rings. The van der Waals surface area contributed by atoms with Crippen LogP contribution in [-0.4, -0.2) is 14.3 Å². The predicted octanol–water partition coefficient (Wildman–Crippen LogP) is 2.28. The predicted molar refractivity (Wildman–Crippen MR) is 80.4 cm³/mol. The summed E-state index contributed by atoms with van der Waals surface area (Å²) >= 11 is 0. The molecule has 3 N–H and O–H groups in total. The van der Waals surface area contributed by atoms with Crippen LogP contribution in [0.15, 0.2) is 53.4 Å². The topological polar surface area (TPSA) is 89.3 Å². The fraction of sp³-hybridized carbons (Fsp3) is 0.133. The van der Waals surface area contributed by atoms with Gasteiger partial charge in [0.25, 0.3) is 5.91 Å². The molecule has 2 rings (SSSR count). The van der Waals surface area contributed by atoms with Gasteiger partial charge in [-0.3, -0.25) is 4.79 Å². The summed E-state index contributed by atoms with van der Waals surface area (Å²) in [6.07, 6.45) is -4.53. The van der Waals surface area contributed by atoms with Crippen molar-refractivity contribution >= 4 is 15.9 Å². The van der Waals surface area contributed by atoms with Crippen LogP contribution in [-0.2, 0) is 22.7 Å². The Morgan fingerprint density at radius 2 is 1.71 bits per heavy atom. The number of rotatable bonds is 4. The number of nitrogens with one attached hydrogen (secondary N) is 1. The smallest absolute Gasteiger partial charge is 0.348 e. The molecule has 0 heterocycles. The van der Waals surface area contributed by atoms with Gasteiger partial charge in [-0.15, -0.1) is 0 Å². The number of nitrogens with two attached hydrogens (primary N) is 1. The van der Waals surface area contributed by atoms with Crippen LogP contribution in [0.25, 0.3) is 0 Å². The van der Waals surface area contributed by atoms with Gasteiger partial charge in [0, 0.05) is 12.1 Å². The molecule has 0 atom stereocenters. The van der Waals surface area contributed by atoms with E-state index in [1.54, 1.807) is 0 Å². The molecule has 0 spiro atoms. The number of hydrogen-bond donors (Lipinski definition) is 2. The second-order valence-corrected chi connectivity index (χ2v) is 6.51. The summed E-state index contributed by atoms with van der Waals surface area (Å²) in [5, 5.41) is 7.43. The molecule has 0 radical (unpaired) electrons. The maximum Gasteiger partial charge on any atom is 0.416 e. The quantitative estimate of drug-likeness (QED) is 0.879. The highest BCUT2D eigenvalue weighted by atomic mass is 32.2. The number of hydrogen-bond acceptors (Lipinski definition) is 3. The molecule has 128 valence electrons. The molecule has 0 saturated carbocycles. The highest BCUT2D eigenvalue weighted by Gasteiger charge is 2.30. The normalized spacial score (nSPS) is 12.0. The molecule has 2 aromatic carbocycles. The number of amides is 1. The van der Waals surface area contributed by atoms with Crippen LogP contribution in [0, 0.1) is 0 Å². The van der Waals surface area contributed by atoms with E-state index < -0.39 is 27.7 Å². The first-order valence-corrected chi connectivity index (χ1v) is 8.19. The second-order valence-electron chi connectivity index (χ2n) is 4.95. The van der Waals surface area contributed by atoms with Gasteiger partial charge in [-0.25, -0.2) is 13.6 Å².